The van der Waals surface area contributed by atoms with Crippen LogP contribution in [0.25, 0.3) is 0 Å². The monoisotopic (exact) mass is 286 g/mol. The SMILES string of the molecule is CCN(CC)CCSc1c(Cl)cccc1CNC. The predicted octanol–water partition coefficient (Wildman–Crippen LogP) is 3.49. The number of rotatable bonds is 8. The lowest BCUT2D eigenvalue weighted by molar-refractivity contribution is 0.324. The highest BCUT2D eigenvalue weighted by Gasteiger charge is 2.08. The van der Waals surface area contributed by atoms with E-state index in [1.807, 2.05) is 30.9 Å². The molecule has 0 unspecified atom stereocenters. The summed E-state index contributed by atoms with van der Waals surface area (Å²) < 4.78 is 0. The van der Waals surface area contributed by atoms with Crippen molar-refractivity contribution in [2.24, 2.45) is 0 Å². The first-order chi connectivity index (χ1) is 8.72. The number of nitrogens with one attached hydrogen (secondary N) is 1. The van der Waals surface area contributed by atoms with E-state index in [9.17, 15) is 0 Å². The predicted molar refractivity (Wildman–Crippen MR) is 82.7 cm³/mol. The summed E-state index contributed by atoms with van der Waals surface area (Å²) in [6.07, 6.45) is 0. The van der Waals surface area contributed by atoms with Gasteiger partial charge in [-0.3, -0.25) is 0 Å². The molecule has 0 fully saturated rings. The molecule has 0 heterocycles. The Hall–Kier alpha value is -0.220. The Morgan fingerprint density at radius 2 is 2.00 bits per heavy atom. The molecular formula is C14H23ClN2S. The maximum absolute atomic E-state index is 6.29. The van der Waals surface area contributed by atoms with E-state index >= 15 is 0 Å². The maximum atomic E-state index is 6.29. The van der Waals surface area contributed by atoms with Gasteiger partial charge in [-0.15, -0.1) is 11.8 Å². The molecule has 0 spiro atoms. The van der Waals surface area contributed by atoms with Gasteiger partial charge in [-0.25, -0.2) is 0 Å². The molecule has 0 saturated heterocycles. The second-order valence-electron chi connectivity index (χ2n) is 4.13. The number of hydrogen-bond acceptors (Lipinski definition) is 3. The molecule has 4 heteroatoms. The minimum Gasteiger partial charge on any atom is -0.316 e. The molecule has 0 saturated carbocycles. The van der Waals surface area contributed by atoms with Gasteiger partial charge >= 0.3 is 0 Å². The molecule has 102 valence electrons. The van der Waals surface area contributed by atoms with Gasteiger partial charge in [0, 0.05) is 23.7 Å². The van der Waals surface area contributed by atoms with Crippen LogP contribution in [0.5, 0.6) is 0 Å². The molecule has 1 rings (SSSR count). The van der Waals surface area contributed by atoms with Crippen molar-refractivity contribution in [3.05, 3.63) is 28.8 Å². The first kappa shape index (κ1) is 15.8. The molecular weight excluding hydrogens is 264 g/mol. The average molecular weight is 287 g/mol. The van der Waals surface area contributed by atoms with Gasteiger partial charge in [-0.2, -0.15) is 0 Å². The molecule has 0 aromatic heterocycles. The Labute approximate surface area is 120 Å². The van der Waals surface area contributed by atoms with Crippen LogP contribution in [0.3, 0.4) is 0 Å². The Bertz CT molecular complexity index is 354. The second-order valence-corrected chi connectivity index (χ2v) is 5.65. The zero-order valence-electron chi connectivity index (χ0n) is 11.5. The second kappa shape index (κ2) is 8.81. The minimum absolute atomic E-state index is 0.868. The van der Waals surface area contributed by atoms with Crippen LogP contribution in [0.15, 0.2) is 23.1 Å². The molecule has 2 nitrogen and oxygen atoms in total. The Morgan fingerprint density at radius 1 is 1.28 bits per heavy atom. The summed E-state index contributed by atoms with van der Waals surface area (Å²) in [5.74, 6) is 1.09. The van der Waals surface area contributed by atoms with E-state index in [0.717, 1.165) is 37.0 Å². The van der Waals surface area contributed by atoms with E-state index < -0.39 is 0 Å². The van der Waals surface area contributed by atoms with Crippen LogP contribution in [0.2, 0.25) is 5.02 Å². The first-order valence-corrected chi connectivity index (χ1v) is 7.86. The molecule has 0 amide bonds. The van der Waals surface area contributed by atoms with E-state index in [4.69, 9.17) is 11.6 Å². The van der Waals surface area contributed by atoms with Gasteiger partial charge in [0.05, 0.1) is 5.02 Å². The molecule has 0 aliphatic heterocycles. The van der Waals surface area contributed by atoms with Crippen LogP contribution in [0, 0.1) is 0 Å². The number of thioether (sulfide) groups is 1. The van der Waals surface area contributed by atoms with E-state index in [1.165, 1.54) is 10.5 Å². The van der Waals surface area contributed by atoms with Crippen LogP contribution in [0.4, 0.5) is 0 Å². The van der Waals surface area contributed by atoms with Crippen molar-refractivity contribution in [1.29, 1.82) is 0 Å². The minimum atomic E-state index is 0.868. The molecule has 1 N–H and O–H groups in total. The van der Waals surface area contributed by atoms with E-state index in [-0.39, 0.29) is 0 Å². The van der Waals surface area contributed by atoms with Crippen molar-refractivity contribution < 1.29 is 0 Å². The summed E-state index contributed by atoms with van der Waals surface area (Å²) in [6, 6.07) is 6.13. The quantitative estimate of drug-likeness (QED) is 0.737. The largest absolute Gasteiger partial charge is 0.316 e. The average Bonchev–Trinajstić information content (AvgIpc) is 2.38. The number of halogens is 1. The molecule has 0 aliphatic carbocycles. The van der Waals surface area contributed by atoms with Gasteiger partial charge in [0.15, 0.2) is 0 Å². The Morgan fingerprint density at radius 3 is 2.61 bits per heavy atom. The lowest BCUT2D eigenvalue weighted by atomic mass is 10.2. The summed E-state index contributed by atoms with van der Waals surface area (Å²) in [4.78, 5) is 3.65. The van der Waals surface area contributed by atoms with Crippen molar-refractivity contribution >= 4 is 23.4 Å². The van der Waals surface area contributed by atoms with Gasteiger partial charge in [0.25, 0.3) is 0 Å². The first-order valence-electron chi connectivity index (χ1n) is 6.50. The molecule has 1 aromatic rings. The van der Waals surface area contributed by atoms with Crippen molar-refractivity contribution in [2.45, 2.75) is 25.3 Å². The molecule has 18 heavy (non-hydrogen) atoms. The third kappa shape index (κ3) is 4.81. The number of benzene rings is 1. The van der Waals surface area contributed by atoms with Crippen LogP contribution in [-0.2, 0) is 6.54 Å². The zero-order valence-corrected chi connectivity index (χ0v) is 13.1. The van der Waals surface area contributed by atoms with Crippen LogP contribution in [0.1, 0.15) is 19.4 Å². The van der Waals surface area contributed by atoms with Gasteiger partial charge < -0.3 is 10.2 Å². The fourth-order valence-corrected chi connectivity index (χ4v) is 3.30. The van der Waals surface area contributed by atoms with Crippen LogP contribution < -0.4 is 5.32 Å². The molecule has 0 atom stereocenters. The van der Waals surface area contributed by atoms with Gasteiger partial charge in [-0.1, -0.05) is 37.6 Å². The van der Waals surface area contributed by atoms with Crippen molar-refractivity contribution in [3.8, 4) is 0 Å². The van der Waals surface area contributed by atoms with Crippen LogP contribution >= 0.6 is 23.4 Å². The topological polar surface area (TPSA) is 15.3 Å². The molecule has 0 aliphatic rings. The lowest BCUT2D eigenvalue weighted by Gasteiger charge is -2.18. The fraction of sp³-hybridized carbons (Fsp3) is 0.571. The third-order valence-electron chi connectivity index (χ3n) is 2.96. The summed E-state index contributed by atoms with van der Waals surface area (Å²) in [5.41, 5.74) is 1.29. The summed E-state index contributed by atoms with van der Waals surface area (Å²) >= 11 is 8.15. The number of hydrogen-bond donors (Lipinski definition) is 1. The fourth-order valence-electron chi connectivity index (χ4n) is 1.86. The van der Waals surface area contributed by atoms with Gasteiger partial charge in [0.2, 0.25) is 0 Å². The Kier molecular flexibility index (Phi) is 7.75. The Balaban J connectivity index is 2.60. The van der Waals surface area contributed by atoms with E-state index in [1.54, 1.807) is 0 Å². The highest BCUT2D eigenvalue weighted by Crippen LogP contribution is 2.30. The normalized spacial score (nSPS) is 11.2. The van der Waals surface area contributed by atoms with E-state index in [2.05, 4.69) is 30.1 Å². The third-order valence-corrected chi connectivity index (χ3v) is 4.55. The molecule has 0 bridgehead atoms. The van der Waals surface area contributed by atoms with Gasteiger partial charge in [0.1, 0.15) is 0 Å². The van der Waals surface area contributed by atoms with Crippen LogP contribution in [-0.4, -0.2) is 37.3 Å². The number of nitrogens with zero attached hydrogens (tertiary/aromatic N) is 1. The maximum Gasteiger partial charge on any atom is 0.0545 e. The highest BCUT2D eigenvalue weighted by atomic mass is 35.5. The summed E-state index contributed by atoms with van der Waals surface area (Å²) in [5, 5.41) is 4.06. The van der Waals surface area contributed by atoms with Crippen molar-refractivity contribution in [3.63, 3.8) is 0 Å². The van der Waals surface area contributed by atoms with Crippen molar-refractivity contribution in [2.75, 3.05) is 32.4 Å². The summed E-state index contributed by atoms with van der Waals surface area (Å²) in [7, 11) is 1.96. The highest BCUT2D eigenvalue weighted by molar-refractivity contribution is 7.99. The zero-order chi connectivity index (χ0) is 13.4. The van der Waals surface area contributed by atoms with Gasteiger partial charge in [-0.05, 0) is 31.8 Å². The van der Waals surface area contributed by atoms with Crippen molar-refractivity contribution in [1.82, 2.24) is 10.2 Å². The summed E-state index contributed by atoms with van der Waals surface area (Å²) in [6.45, 7) is 8.62. The smallest absolute Gasteiger partial charge is 0.0545 e. The van der Waals surface area contributed by atoms with E-state index in [0.29, 0.717) is 0 Å². The standard InChI is InChI=1S/C14H23ClN2S/c1-4-17(5-2)9-10-18-14-12(11-16-3)7-6-8-13(14)15/h6-8,16H,4-5,9-11H2,1-3H3. The molecule has 0 radical (unpaired) electrons. The lowest BCUT2D eigenvalue weighted by Crippen LogP contribution is -2.25. The molecule has 1 aromatic carbocycles.